The highest BCUT2D eigenvalue weighted by Crippen LogP contribution is 2.10. The number of hydrogen-bond donors (Lipinski definition) is 1. The first-order valence-electron chi connectivity index (χ1n) is 6.88. The molecule has 3 nitrogen and oxygen atoms in total. The first-order chi connectivity index (χ1) is 8.61. The van der Waals surface area contributed by atoms with Crippen LogP contribution >= 0.6 is 0 Å². The van der Waals surface area contributed by atoms with E-state index < -0.39 is 0 Å². The molecular formula is C15H26N2O. The molecule has 1 rings (SSSR count). The van der Waals surface area contributed by atoms with Gasteiger partial charge in [-0.15, -0.1) is 0 Å². The zero-order valence-corrected chi connectivity index (χ0v) is 12.1. The number of rotatable bonds is 8. The molecule has 102 valence electrons. The molecule has 1 heterocycles. The lowest BCUT2D eigenvalue weighted by molar-refractivity contribution is 0.0379. The number of pyridine rings is 1. The minimum atomic E-state index is 0.299. The molecule has 0 radical (unpaired) electrons. The summed E-state index contributed by atoms with van der Waals surface area (Å²) in [6.45, 7) is 11.1. The molecule has 1 N–H and O–H groups in total. The van der Waals surface area contributed by atoms with Crippen molar-refractivity contribution in [1.29, 1.82) is 0 Å². The topological polar surface area (TPSA) is 34.1 Å². The zero-order valence-electron chi connectivity index (χ0n) is 12.1. The molecule has 0 saturated heterocycles. The Hall–Kier alpha value is -0.930. The minimum Gasteiger partial charge on any atom is -0.372 e. The molecule has 0 fully saturated rings. The van der Waals surface area contributed by atoms with E-state index >= 15 is 0 Å². The predicted molar refractivity (Wildman–Crippen MR) is 75.3 cm³/mol. The molecule has 0 aliphatic heterocycles. The SMILES string of the molecule is CCNCc1ccc(COC(C)CC(C)C)nc1. The highest BCUT2D eigenvalue weighted by molar-refractivity contribution is 5.13. The number of aromatic nitrogens is 1. The summed E-state index contributed by atoms with van der Waals surface area (Å²) in [5, 5.41) is 3.28. The first-order valence-corrected chi connectivity index (χ1v) is 6.88. The van der Waals surface area contributed by atoms with E-state index in [1.807, 2.05) is 6.20 Å². The van der Waals surface area contributed by atoms with Gasteiger partial charge in [-0.2, -0.15) is 0 Å². The molecule has 1 atom stereocenters. The van der Waals surface area contributed by atoms with Crippen LogP contribution in [-0.2, 0) is 17.9 Å². The lowest BCUT2D eigenvalue weighted by atomic mass is 10.1. The number of hydrogen-bond acceptors (Lipinski definition) is 3. The van der Waals surface area contributed by atoms with Gasteiger partial charge in [0.1, 0.15) is 0 Å². The van der Waals surface area contributed by atoms with Crippen LogP contribution in [0.2, 0.25) is 0 Å². The summed E-state index contributed by atoms with van der Waals surface area (Å²) in [6.07, 6.45) is 3.32. The molecule has 1 aromatic heterocycles. The van der Waals surface area contributed by atoms with Crippen LogP contribution in [0.3, 0.4) is 0 Å². The maximum Gasteiger partial charge on any atom is 0.0891 e. The molecule has 0 amide bonds. The van der Waals surface area contributed by atoms with Crippen LogP contribution in [0.4, 0.5) is 0 Å². The van der Waals surface area contributed by atoms with E-state index in [0.29, 0.717) is 18.6 Å². The van der Waals surface area contributed by atoms with E-state index in [1.54, 1.807) is 0 Å². The fourth-order valence-corrected chi connectivity index (χ4v) is 1.87. The lowest BCUT2D eigenvalue weighted by Gasteiger charge is -2.14. The summed E-state index contributed by atoms with van der Waals surface area (Å²) < 4.78 is 5.78. The second-order valence-corrected chi connectivity index (χ2v) is 5.19. The van der Waals surface area contributed by atoms with Gasteiger partial charge in [-0.1, -0.05) is 26.8 Å². The Morgan fingerprint density at radius 3 is 2.61 bits per heavy atom. The smallest absolute Gasteiger partial charge is 0.0891 e. The van der Waals surface area contributed by atoms with Crippen molar-refractivity contribution < 1.29 is 4.74 Å². The van der Waals surface area contributed by atoms with Gasteiger partial charge >= 0.3 is 0 Å². The average Bonchev–Trinajstić information content (AvgIpc) is 2.34. The highest BCUT2D eigenvalue weighted by Gasteiger charge is 2.06. The van der Waals surface area contributed by atoms with Crippen molar-refractivity contribution in [2.75, 3.05) is 6.54 Å². The summed E-state index contributed by atoms with van der Waals surface area (Å²) in [5.74, 6) is 0.676. The highest BCUT2D eigenvalue weighted by atomic mass is 16.5. The average molecular weight is 250 g/mol. The van der Waals surface area contributed by atoms with Crippen molar-refractivity contribution in [3.8, 4) is 0 Å². The van der Waals surface area contributed by atoms with Crippen molar-refractivity contribution >= 4 is 0 Å². The Labute approximate surface area is 111 Å². The van der Waals surface area contributed by atoms with Gasteiger partial charge in [0, 0.05) is 12.7 Å². The summed E-state index contributed by atoms with van der Waals surface area (Å²) in [6, 6.07) is 4.16. The van der Waals surface area contributed by atoms with Crippen LogP contribution in [0.5, 0.6) is 0 Å². The van der Waals surface area contributed by atoms with Gasteiger partial charge < -0.3 is 10.1 Å². The van der Waals surface area contributed by atoms with Crippen LogP contribution < -0.4 is 5.32 Å². The van der Waals surface area contributed by atoms with Crippen molar-refractivity contribution in [3.63, 3.8) is 0 Å². The molecule has 0 bridgehead atoms. The number of nitrogens with one attached hydrogen (secondary N) is 1. The molecule has 0 aromatic carbocycles. The van der Waals surface area contributed by atoms with Gasteiger partial charge in [0.2, 0.25) is 0 Å². The molecule has 3 heteroatoms. The van der Waals surface area contributed by atoms with E-state index in [0.717, 1.165) is 25.2 Å². The van der Waals surface area contributed by atoms with E-state index in [2.05, 4.69) is 50.1 Å². The minimum absolute atomic E-state index is 0.299. The molecule has 18 heavy (non-hydrogen) atoms. The lowest BCUT2D eigenvalue weighted by Crippen LogP contribution is -2.13. The van der Waals surface area contributed by atoms with Gasteiger partial charge in [-0.25, -0.2) is 0 Å². The van der Waals surface area contributed by atoms with Gasteiger partial charge in [0.25, 0.3) is 0 Å². The van der Waals surface area contributed by atoms with Gasteiger partial charge in [-0.3, -0.25) is 4.98 Å². The second-order valence-electron chi connectivity index (χ2n) is 5.19. The van der Waals surface area contributed by atoms with Gasteiger partial charge in [0.05, 0.1) is 18.4 Å². The summed E-state index contributed by atoms with van der Waals surface area (Å²) in [4.78, 5) is 4.42. The van der Waals surface area contributed by atoms with Crippen molar-refractivity contribution in [2.45, 2.75) is 53.4 Å². The van der Waals surface area contributed by atoms with E-state index in [9.17, 15) is 0 Å². The summed E-state index contributed by atoms with van der Waals surface area (Å²) in [5.41, 5.74) is 2.22. The largest absolute Gasteiger partial charge is 0.372 e. The summed E-state index contributed by atoms with van der Waals surface area (Å²) in [7, 11) is 0. The van der Waals surface area contributed by atoms with E-state index in [4.69, 9.17) is 4.74 Å². The van der Waals surface area contributed by atoms with Crippen LogP contribution in [0, 0.1) is 5.92 Å². The van der Waals surface area contributed by atoms with Gasteiger partial charge in [-0.05, 0) is 37.4 Å². The third-order valence-corrected chi connectivity index (χ3v) is 2.78. The molecule has 1 unspecified atom stereocenters. The Bertz CT molecular complexity index is 322. The zero-order chi connectivity index (χ0) is 13.4. The maximum atomic E-state index is 5.78. The van der Waals surface area contributed by atoms with E-state index in [-0.39, 0.29) is 0 Å². The standard InChI is InChI=1S/C15H26N2O/c1-5-16-9-14-6-7-15(17-10-14)11-18-13(4)8-12(2)3/h6-7,10,12-13,16H,5,8-9,11H2,1-4H3. The summed E-state index contributed by atoms with van der Waals surface area (Å²) >= 11 is 0. The fraction of sp³-hybridized carbons (Fsp3) is 0.667. The van der Waals surface area contributed by atoms with Crippen LogP contribution in [-0.4, -0.2) is 17.6 Å². The Morgan fingerprint density at radius 1 is 1.28 bits per heavy atom. The Balaban J connectivity index is 2.34. The Kier molecular flexibility index (Phi) is 6.91. The number of ether oxygens (including phenoxy) is 1. The monoisotopic (exact) mass is 250 g/mol. The van der Waals surface area contributed by atoms with Crippen molar-refractivity contribution in [2.24, 2.45) is 5.92 Å². The first kappa shape index (κ1) is 15.1. The molecule has 0 aliphatic carbocycles. The van der Waals surface area contributed by atoms with E-state index in [1.165, 1.54) is 5.56 Å². The third kappa shape index (κ3) is 6.12. The van der Waals surface area contributed by atoms with Crippen molar-refractivity contribution in [1.82, 2.24) is 10.3 Å². The quantitative estimate of drug-likeness (QED) is 0.769. The number of nitrogens with zero attached hydrogens (tertiary/aromatic N) is 1. The predicted octanol–water partition coefficient (Wildman–Crippen LogP) is 3.14. The van der Waals surface area contributed by atoms with Crippen LogP contribution in [0.25, 0.3) is 0 Å². The molecule has 0 aliphatic rings. The van der Waals surface area contributed by atoms with Crippen molar-refractivity contribution in [3.05, 3.63) is 29.6 Å². The van der Waals surface area contributed by atoms with Gasteiger partial charge in [0.15, 0.2) is 0 Å². The third-order valence-electron chi connectivity index (χ3n) is 2.78. The van der Waals surface area contributed by atoms with Crippen LogP contribution in [0.15, 0.2) is 18.3 Å². The van der Waals surface area contributed by atoms with Crippen LogP contribution in [0.1, 0.15) is 45.4 Å². The molecule has 0 saturated carbocycles. The Morgan fingerprint density at radius 2 is 2.06 bits per heavy atom. The molecule has 1 aromatic rings. The second kappa shape index (κ2) is 8.22. The normalized spacial score (nSPS) is 12.9. The fourth-order valence-electron chi connectivity index (χ4n) is 1.87. The molecule has 0 spiro atoms. The molecular weight excluding hydrogens is 224 g/mol. The maximum absolute atomic E-state index is 5.78.